The van der Waals surface area contributed by atoms with Crippen LogP contribution in [0.4, 0.5) is 0 Å². The third kappa shape index (κ3) is 4.83. The molecule has 2 aromatic carbocycles. The lowest BCUT2D eigenvalue weighted by Gasteiger charge is -2.29. The normalized spacial score (nSPS) is 17.1. The fourth-order valence-corrected chi connectivity index (χ4v) is 5.89. The lowest BCUT2D eigenvalue weighted by Crippen LogP contribution is -2.48. The monoisotopic (exact) mass is 486 g/mol. The number of nitrogens with zero attached hydrogens (tertiary/aromatic N) is 3. The van der Waals surface area contributed by atoms with Crippen molar-refractivity contribution in [1.82, 2.24) is 19.4 Å². The van der Waals surface area contributed by atoms with Crippen molar-refractivity contribution >= 4 is 27.5 Å². The van der Waals surface area contributed by atoms with E-state index in [9.17, 15) is 13.2 Å². The molecule has 0 spiro atoms. The summed E-state index contributed by atoms with van der Waals surface area (Å²) in [5.74, 6) is -0.268. The van der Waals surface area contributed by atoms with Gasteiger partial charge in [0.05, 0.1) is 16.3 Å². The van der Waals surface area contributed by atoms with Gasteiger partial charge in [-0.3, -0.25) is 4.79 Å². The lowest BCUT2D eigenvalue weighted by molar-refractivity contribution is -0.124. The average Bonchev–Trinajstić information content (AvgIpc) is 2.94. The SMILES string of the molecule is Cc1nn(-c2ccccc2)c(C)c1CN(C1CCCCNC1=O)S(=O)(=O)c1ccc(Cl)cc1. The third-order valence-corrected chi connectivity index (χ3v) is 8.15. The molecular formula is C24H27ClN4O3S. The minimum Gasteiger partial charge on any atom is -0.355 e. The van der Waals surface area contributed by atoms with Crippen molar-refractivity contribution in [2.45, 2.75) is 50.6 Å². The van der Waals surface area contributed by atoms with Gasteiger partial charge in [-0.2, -0.15) is 9.40 Å². The number of aromatic nitrogens is 2. The van der Waals surface area contributed by atoms with Gasteiger partial charge in [0.15, 0.2) is 0 Å². The summed E-state index contributed by atoms with van der Waals surface area (Å²) in [6.07, 6.45) is 2.04. The molecule has 7 nitrogen and oxygen atoms in total. The van der Waals surface area contributed by atoms with Crippen LogP contribution >= 0.6 is 11.6 Å². The van der Waals surface area contributed by atoms with Crippen LogP contribution in [-0.2, 0) is 21.4 Å². The number of nitrogens with one attached hydrogen (secondary N) is 1. The largest absolute Gasteiger partial charge is 0.355 e. The molecule has 1 N–H and O–H groups in total. The molecule has 1 unspecified atom stereocenters. The van der Waals surface area contributed by atoms with Gasteiger partial charge in [0, 0.05) is 29.4 Å². The molecule has 1 fully saturated rings. The maximum Gasteiger partial charge on any atom is 0.244 e. The topological polar surface area (TPSA) is 84.3 Å². The van der Waals surface area contributed by atoms with E-state index in [0.29, 0.717) is 18.0 Å². The fraction of sp³-hybridized carbons (Fsp3) is 0.333. The van der Waals surface area contributed by atoms with Crippen molar-refractivity contribution in [1.29, 1.82) is 0 Å². The van der Waals surface area contributed by atoms with Crippen LogP contribution in [0.25, 0.3) is 5.69 Å². The first kappa shape index (κ1) is 23.5. The average molecular weight is 487 g/mol. The van der Waals surface area contributed by atoms with Crippen LogP contribution < -0.4 is 5.32 Å². The molecule has 1 aliphatic heterocycles. The highest BCUT2D eigenvalue weighted by Crippen LogP contribution is 2.28. The Balaban J connectivity index is 1.78. The molecule has 33 heavy (non-hydrogen) atoms. The second kappa shape index (κ2) is 9.67. The van der Waals surface area contributed by atoms with Gasteiger partial charge in [-0.15, -0.1) is 0 Å². The van der Waals surface area contributed by atoms with Crippen molar-refractivity contribution in [3.63, 3.8) is 0 Å². The van der Waals surface area contributed by atoms with Crippen LogP contribution in [0.5, 0.6) is 0 Å². The van der Waals surface area contributed by atoms with E-state index in [1.807, 2.05) is 48.9 Å². The number of benzene rings is 2. The summed E-state index contributed by atoms with van der Waals surface area (Å²) in [5, 5.41) is 7.97. The molecule has 1 amide bonds. The summed E-state index contributed by atoms with van der Waals surface area (Å²) in [6, 6.07) is 14.9. The first-order valence-electron chi connectivity index (χ1n) is 10.9. The van der Waals surface area contributed by atoms with Gasteiger partial charge in [0.1, 0.15) is 6.04 Å². The molecule has 0 saturated carbocycles. The van der Waals surface area contributed by atoms with Gasteiger partial charge in [-0.1, -0.05) is 29.8 Å². The molecular weight excluding hydrogens is 460 g/mol. The Morgan fingerprint density at radius 2 is 1.79 bits per heavy atom. The van der Waals surface area contributed by atoms with Crippen LogP contribution in [0.1, 0.15) is 36.2 Å². The van der Waals surface area contributed by atoms with E-state index in [4.69, 9.17) is 11.6 Å². The van der Waals surface area contributed by atoms with E-state index in [1.165, 1.54) is 16.4 Å². The molecule has 0 bridgehead atoms. The summed E-state index contributed by atoms with van der Waals surface area (Å²) in [6.45, 7) is 4.38. The number of hydrogen-bond acceptors (Lipinski definition) is 4. The maximum atomic E-state index is 13.8. The zero-order valence-electron chi connectivity index (χ0n) is 18.7. The first-order valence-corrected chi connectivity index (χ1v) is 12.8. The predicted octanol–water partition coefficient (Wildman–Crippen LogP) is 4.00. The zero-order valence-corrected chi connectivity index (χ0v) is 20.2. The molecule has 1 aliphatic rings. The van der Waals surface area contributed by atoms with Gasteiger partial charge in [0.25, 0.3) is 0 Å². The minimum atomic E-state index is -3.98. The van der Waals surface area contributed by atoms with E-state index >= 15 is 0 Å². The highest BCUT2D eigenvalue weighted by atomic mass is 35.5. The van der Waals surface area contributed by atoms with E-state index in [1.54, 1.807) is 12.1 Å². The van der Waals surface area contributed by atoms with Crippen molar-refractivity contribution in [3.8, 4) is 5.69 Å². The standard InChI is InChI=1S/C24H27ClN4O3S/c1-17-22(18(2)29(27-17)20-8-4-3-5-9-20)16-28(23-10-6-7-15-26-24(23)30)33(31,32)21-13-11-19(25)12-14-21/h3-5,8-9,11-14,23H,6-7,10,15-16H2,1-2H3,(H,26,30). The lowest BCUT2D eigenvalue weighted by atomic mass is 10.1. The van der Waals surface area contributed by atoms with Crippen LogP contribution in [0.3, 0.4) is 0 Å². The van der Waals surface area contributed by atoms with Crippen molar-refractivity contribution in [2.75, 3.05) is 6.54 Å². The van der Waals surface area contributed by atoms with Crippen LogP contribution in [0, 0.1) is 13.8 Å². The molecule has 174 valence electrons. The molecule has 1 saturated heterocycles. The molecule has 4 rings (SSSR count). The maximum absolute atomic E-state index is 13.8. The van der Waals surface area contributed by atoms with Gasteiger partial charge in [-0.25, -0.2) is 13.1 Å². The summed E-state index contributed by atoms with van der Waals surface area (Å²) in [4.78, 5) is 13.0. The Bertz CT molecular complexity index is 1240. The Hall–Kier alpha value is -2.68. The van der Waals surface area contributed by atoms with Gasteiger partial charge < -0.3 is 5.32 Å². The second-order valence-corrected chi connectivity index (χ2v) is 10.5. The highest BCUT2D eigenvalue weighted by molar-refractivity contribution is 7.89. The molecule has 1 aromatic heterocycles. The summed E-state index contributed by atoms with van der Waals surface area (Å²) in [7, 11) is -3.98. The summed E-state index contributed by atoms with van der Waals surface area (Å²) >= 11 is 5.98. The number of hydrogen-bond donors (Lipinski definition) is 1. The Labute approximate surface area is 199 Å². The number of carbonyl (C=O) groups excluding carboxylic acids is 1. The number of halogens is 1. The van der Waals surface area contributed by atoms with E-state index in [0.717, 1.165) is 35.5 Å². The third-order valence-electron chi connectivity index (χ3n) is 6.03. The van der Waals surface area contributed by atoms with Gasteiger partial charge in [-0.05, 0) is 69.5 Å². The molecule has 2 heterocycles. The number of amides is 1. The van der Waals surface area contributed by atoms with Gasteiger partial charge in [0.2, 0.25) is 15.9 Å². The Morgan fingerprint density at radius 1 is 1.09 bits per heavy atom. The molecule has 9 heteroatoms. The Kier molecular flexibility index (Phi) is 6.88. The summed E-state index contributed by atoms with van der Waals surface area (Å²) in [5.41, 5.74) is 3.24. The van der Waals surface area contributed by atoms with Crippen molar-refractivity contribution in [3.05, 3.63) is 76.6 Å². The highest BCUT2D eigenvalue weighted by Gasteiger charge is 2.37. The number of aryl methyl sites for hydroxylation is 1. The molecule has 0 radical (unpaired) electrons. The smallest absolute Gasteiger partial charge is 0.244 e. The van der Waals surface area contributed by atoms with E-state index in [2.05, 4.69) is 10.4 Å². The molecule has 1 atom stereocenters. The van der Waals surface area contributed by atoms with Crippen LogP contribution in [-0.4, -0.2) is 41.0 Å². The quantitative estimate of drug-likeness (QED) is 0.570. The fourth-order valence-electron chi connectivity index (χ4n) is 4.18. The number of sulfonamides is 1. The van der Waals surface area contributed by atoms with Crippen molar-refractivity contribution in [2.24, 2.45) is 0 Å². The summed E-state index contributed by atoms with van der Waals surface area (Å²) < 4.78 is 30.7. The van der Waals surface area contributed by atoms with Crippen LogP contribution in [0.15, 0.2) is 59.5 Å². The molecule has 3 aromatic rings. The second-order valence-electron chi connectivity index (χ2n) is 8.20. The first-order chi connectivity index (χ1) is 15.8. The van der Waals surface area contributed by atoms with Crippen molar-refractivity contribution < 1.29 is 13.2 Å². The van der Waals surface area contributed by atoms with Gasteiger partial charge >= 0.3 is 0 Å². The number of para-hydroxylation sites is 1. The number of carbonyl (C=O) groups is 1. The van der Waals surface area contributed by atoms with E-state index < -0.39 is 16.1 Å². The predicted molar refractivity (Wildman–Crippen MR) is 128 cm³/mol. The number of rotatable bonds is 6. The van der Waals surface area contributed by atoms with Crippen LogP contribution in [0.2, 0.25) is 5.02 Å². The minimum absolute atomic E-state index is 0.0492. The Morgan fingerprint density at radius 3 is 2.48 bits per heavy atom. The molecule has 0 aliphatic carbocycles. The zero-order chi connectivity index (χ0) is 23.6. The van der Waals surface area contributed by atoms with E-state index in [-0.39, 0.29) is 17.3 Å².